The van der Waals surface area contributed by atoms with Crippen molar-refractivity contribution in [2.75, 3.05) is 5.75 Å². The molecule has 0 rings (SSSR count). The van der Waals surface area contributed by atoms with Crippen LogP contribution in [0.3, 0.4) is 0 Å². The van der Waals surface area contributed by atoms with Gasteiger partial charge >= 0.3 is 48.9 Å². The zero-order valence-corrected chi connectivity index (χ0v) is 3.05. The number of thiol groups is 1. The molecule has 4 heavy (non-hydrogen) atoms. The molecule has 0 heterocycles. The van der Waals surface area contributed by atoms with E-state index in [9.17, 15) is 0 Å². The summed E-state index contributed by atoms with van der Waals surface area (Å²) in [5.41, 5.74) is 0. The fourth-order valence-corrected chi connectivity index (χ4v) is 0. The van der Waals surface area contributed by atoms with Gasteiger partial charge in [-0.25, -0.2) is 0 Å². The molecule has 0 aliphatic rings. The van der Waals surface area contributed by atoms with E-state index >= 15 is 0 Å². The standard InChI is InChI=1S/C2H6S.Ba.2H/c1-2-3;;;/h3H,2H2,1H3;;;. The second-order valence-electron chi connectivity index (χ2n) is 0.316. The van der Waals surface area contributed by atoms with Gasteiger partial charge in [0.15, 0.2) is 0 Å². The minimum atomic E-state index is 0. The van der Waals surface area contributed by atoms with Crippen LogP contribution in [0.4, 0.5) is 0 Å². The van der Waals surface area contributed by atoms with E-state index in [-0.39, 0.29) is 48.9 Å². The van der Waals surface area contributed by atoms with Crippen molar-refractivity contribution < 1.29 is 0 Å². The van der Waals surface area contributed by atoms with Gasteiger partial charge in [-0.2, -0.15) is 12.6 Å². The van der Waals surface area contributed by atoms with Crippen molar-refractivity contribution in [3.63, 3.8) is 0 Å². The van der Waals surface area contributed by atoms with E-state index in [1.54, 1.807) is 0 Å². The van der Waals surface area contributed by atoms with Crippen LogP contribution in [0, 0.1) is 0 Å². The zero-order chi connectivity index (χ0) is 2.71. The van der Waals surface area contributed by atoms with Crippen molar-refractivity contribution in [1.29, 1.82) is 0 Å². The Hall–Kier alpha value is 1.92. The molecular weight excluding hydrogens is 193 g/mol. The van der Waals surface area contributed by atoms with Gasteiger partial charge in [-0.05, 0) is 5.75 Å². The molecule has 0 aliphatic carbocycles. The Morgan fingerprint density at radius 2 is 1.75 bits per heavy atom. The summed E-state index contributed by atoms with van der Waals surface area (Å²) in [5.74, 6) is 0.944. The molecule has 0 fully saturated rings. The molecule has 24 valence electrons. The Bertz CT molecular complexity index is 6.00. The van der Waals surface area contributed by atoms with Crippen LogP contribution in [-0.4, -0.2) is 54.6 Å². The van der Waals surface area contributed by atoms with Crippen LogP contribution >= 0.6 is 12.6 Å². The van der Waals surface area contributed by atoms with Crippen molar-refractivity contribution in [1.82, 2.24) is 0 Å². The Morgan fingerprint density at radius 1 is 1.75 bits per heavy atom. The van der Waals surface area contributed by atoms with Crippen molar-refractivity contribution in [3.05, 3.63) is 0 Å². The Labute approximate surface area is 72.8 Å². The SMILES string of the molecule is CCS.[BaH2]. The van der Waals surface area contributed by atoms with E-state index in [1.165, 1.54) is 0 Å². The molecule has 2 heteroatoms. The second kappa shape index (κ2) is 8.87. The molecule has 0 amide bonds. The minimum absolute atomic E-state index is 0. The second-order valence-corrected chi connectivity index (χ2v) is 0.949. The maximum absolute atomic E-state index is 3.79. The van der Waals surface area contributed by atoms with Crippen molar-refractivity contribution in [2.24, 2.45) is 0 Å². The van der Waals surface area contributed by atoms with Crippen LogP contribution in [0.5, 0.6) is 0 Å². The van der Waals surface area contributed by atoms with Crippen LogP contribution in [0.2, 0.25) is 0 Å². The summed E-state index contributed by atoms with van der Waals surface area (Å²) >= 11 is 3.79. The molecule has 0 aliphatic heterocycles. The van der Waals surface area contributed by atoms with Gasteiger partial charge in [-0.15, -0.1) is 0 Å². The summed E-state index contributed by atoms with van der Waals surface area (Å²) in [6.07, 6.45) is 0. The molecule has 0 atom stereocenters. The fraction of sp³-hybridized carbons (Fsp3) is 1.00. The zero-order valence-electron chi connectivity index (χ0n) is 2.15. The Balaban J connectivity index is 0. The molecule has 0 N–H and O–H groups in total. The Kier molecular flexibility index (Phi) is 20.7. The van der Waals surface area contributed by atoms with Gasteiger partial charge in [0.2, 0.25) is 0 Å². The van der Waals surface area contributed by atoms with Crippen molar-refractivity contribution in [2.45, 2.75) is 6.92 Å². The predicted octanol–water partition coefficient (Wildman–Crippen LogP) is 0.0199. The van der Waals surface area contributed by atoms with E-state index in [1.807, 2.05) is 6.92 Å². The summed E-state index contributed by atoms with van der Waals surface area (Å²) in [7, 11) is 0. The van der Waals surface area contributed by atoms with Crippen LogP contribution in [-0.2, 0) is 0 Å². The number of hydrogen-bond acceptors (Lipinski definition) is 1. The summed E-state index contributed by atoms with van der Waals surface area (Å²) in [6.45, 7) is 1.99. The van der Waals surface area contributed by atoms with Gasteiger partial charge in [0.05, 0.1) is 0 Å². The molecule has 0 saturated heterocycles. The monoisotopic (exact) mass is 202 g/mol. The normalized spacial score (nSPS) is 4.50. The number of rotatable bonds is 0. The van der Waals surface area contributed by atoms with Crippen molar-refractivity contribution in [3.8, 4) is 0 Å². The molecule has 0 spiro atoms. The van der Waals surface area contributed by atoms with Gasteiger partial charge in [0.1, 0.15) is 0 Å². The van der Waals surface area contributed by atoms with E-state index in [0.717, 1.165) is 5.75 Å². The van der Waals surface area contributed by atoms with E-state index < -0.39 is 0 Å². The van der Waals surface area contributed by atoms with Crippen LogP contribution < -0.4 is 0 Å². The molecule has 0 bridgehead atoms. The van der Waals surface area contributed by atoms with Crippen molar-refractivity contribution >= 4 is 61.5 Å². The molecule has 0 aromatic rings. The first-order valence-electron chi connectivity index (χ1n) is 1.02. The molecular formula is C2H8BaS. The Morgan fingerprint density at radius 3 is 1.75 bits per heavy atom. The molecule has 0 saturated carbocycles. The summed E-state index contributed by atoms with van der Waals surface area (Å²) in [5, 5.41) is 0. The molecule has 0 aromatic heterocycles. The van der Waals surface area contributed by atoms with Crippen LogP contribution in [0.15, 0.2) is 0 Å². The summed E-state index contributed by atoms with van der Waals surface area (Å²) < 4.78 is 0. The molecule has 0 nitrogen and oxygen atoms in total. The average molecular weight is 201 g/mol. The predicted molar refractivity (Wildman–Crippen MR) is 28.1 cm³/mol. The summed E-state index contributed by atoms with van der Waals surface area (Å²) in [4.78, 5) is 0. The van der Waals surface area contributed by atoms with E-state index in [0.29, 0.717) is 0 Å². The quantitative estimate of drug-likeness (QED) is 0.415. The molecule has 0 radical (unpaired) electrons. The third-order valence-electron chi connectivity index (χ3n) is 0. The first-order chi connectivity index (χ1) is 1.41. The third-order valence-corrected chi connectivity index (χ3v) is 0. The van der Waals surface area contributed by atoms with Gasteiger partial charge < -0.3 is 0 Å². The maximum atomic E-state index is 3.79. The van der Waals surface area contributed by atoms with Gasteiger partial charge in [-0.3, -0.25) is 0 Å². The van der Waals surface area contributed by atoms with Gasteiger partial charge in [0, 0.05) is 0 Å². The van der Waals surface area contributed by atoms with E-state index in [4.69, 9.17) is 0 Å². The average Bonchev–Trinajstić information content (AvgIpc) is 0.918. The van der Waals surface area contributed by atoms with Crippen LogP contribution in [0.25, 0.3) is 0 Å². The third kappa shape index (κ3) is 9.07. The molecule has 0 aromatic carbocycles. The van der Waals surface area contributed by atoms with Crippen LogP contribution in [0.1, 0.15) is 6.92 Å². The topological polar surface area (TPSA) is 0 Å². The summed E-state index contributed by atoms with van der Waals surface area (Å²) in [6, 6.07) is 0. The first-order valence-corrected chi connectivity index (χ1v) is 1.66. The first kappa shape index (κ1) is 9.33. The molecule has 0 unspecified atom stereocenters. The fourth-order valence-electron chi connectivity index (χ4n) is 0. The number of hydrogen-bond donors (Lipinski definition) is 1. The van der Waals surface area contributed by atoms with Gasteiger partial charge in [0.25, 0.3) is 0 Å². The van der Waals surface area contributed by atoms with E-state index in [2.05, 4.69) is 12.6 Å². The van der Waals surface area contributed by atoms with Gasteiger partial charge in [-0.1, -0.05) is 6.92 Å².